The van der Waals surface area contributed by atoms with Gasteiger partial charge in [-0.2, -0.15) is 0 Å². The third-order valence-corrected chi connectivity index (χ3v) is 4.33. The highest BCUT2D eigenvalue weighted by molar-refractivity contribution is 5.93. The summed E-state index contributed by atoms with van der Waals surface area (Å²) in [5.74, 6) is -0.259. The summed E-state index contributed by atoms with van der Waals surface area (Å²) < 4.78 is 13.3. The SMILES string of the molecule is CNC(=O)N1CCC(NC(=O)c2cnc(-c3cccc(F)c3)nc2)CC1. The fourth-order valence-corrected chi connectivity index (χ4v) is 2.88. The van der Waals surface area contributed by atoms with E-state index in [0.717, 1.165) is 0 Å². The molecule has 2 heterocycles. The minimum atomic E-state index is -0.365. The molecule has 0 unspecified atom stereocenters. The molecule has 1 saturated heterocycles. The number of hydrogen-bond acceptors (Lipinski definition) is 4. The minimum Gasteiger partial charge on any atom is -0.349 e. The Morgan fingerprint density at radius 3 is 2.50 bits per heavy atom. The van der Waals surface area contributed by atoms with E-state index in [9.17, 15) is 14.0 Å². The number of urea groups is 1. The summed E-state index contributed by atoms with van der Waals surface area (Å²) in [6.07, 6.45) is 4.26. The van der Waals surface area contributed by atoms with Gasteiger partial charge in [-0.25, -0.2) is 19.2 Å². The molecule has 1 aliphatic rings. The molecule has 1 aliphatic heterocycles. The van der Waals surface area contributed by atoms with Crippen molar-refractivity contribution in [1.29, 1.82) is 0 Å². The van der Waals surface area contributed by atoms with Crippen LogP contribution in [0.1, 0.15) is 23.2 Å². The van der Waals surface area contributed by atoms with Crippen LogP contribution in [0, 0.1) is 5.82 Å². The van der Waals surface area contributed by atoms with E-state index >= 15 is 0 Å². The van der Waals surface area contributed by atoms with E-state index in [1.54, 1.807) is 24.1 Å². The zero-order chi connectivity index (χ0) is 18.5. The van der Waals surface area contributed by atoms with Crippen molar-refractivity contribution < 1.29 is 14.0 Å². The summed E-state index contributed by atoms with van der Waals surface area (Å²) in [5, 5.41) is 5.54. The molecule has 2 aromatic rings. The third-order valence-electron chi connectivity index (χ3n) is 4.33. The number of carbonyl (C=O) groups is 2. The highest BCUT2D eigenvalue weighted by Gasteiger charge is 2.23. The smallest absolute Gasteiger partial charge is 0.317 e. The van der Waals surface area contributed by atoms with Crippen molar-refractivity contribution in [3.63, 3.8) is 0 Å². The van der Waals surface area contributed by atoms with Crippen LogP contribution in [-0.2, 0) is 0 Å². The van der Waals surface area contributed by atoms with Crippen molar-refractivity contribution >= 4 is 11.9 Å². The zero-order valence-electron chi connectivity index (χ0n) is 14.4. The molecule has 1 aromatic carbocycles. The van der Waals surface area contributed by atoms with Crippen molar-refractivity contribution in [3.8, 4) is 11.4 Å². The van der Waals surface area contributed by atoms with Crippen LogP contribution in [0.2, 0.25) is 0 Å². The van der Waals surface area contributed by atoms with Gasteiger partial charge in [0.05, 0.1) is 5.56 Å². The summed E-state index contributed by atoms with van der Waals surface area (Å²) in [5.41, 5.74) is 0.900. The van der Waals surface area contributed by atoms with E-state index in [4.69, 9.17) is 0 Å². The first-order valence-electron chi connectivity index (χ1n) is 8.42. The number of halogens is 1. The van der Waals surface area contributed by atoms with E-state index in [-0.39, 0.29) is 23.8 Å². The van der Waals surface area contributed by atoms with E-state index < -0.39 is 0 Å². The van der Waals surface area contributed by atoms with Crippen molar-refractivity contribution in [2.24, 2.45) is 0 Å². The van der Waals surface area contributed by atoms with Gasteiger partial charge in [-0.15, -0.1) is 0 Å². The molecular weight excluding hydrogens is 337 g/mol. The van der Waals surface area contributed by atoms with E-state index in [1.807, 2.05) is 0 Å². The Morgan fingerprint density at radius 2 is 1.88 bits per heavy atom. The van der Waals surface area contributed by atoms with E-state index in [0.29, 0.717) is 42.9 Å². The fourth-order valence-electron chi connectivity index (χ4n) is 2.88. The second kappa shape index (κ2) is 7.90. The number of likely N-dealkylation sites (tertiary alicyclic amines) is 1. The monoisotopic (exact) mass is 357 g/mol. The Kier molecular flexibility index (Phi) is 5.40. The molecule has 1 aromatic heterocycles. The molecular formula is C18H20FN5O2. The summed E-state index contributed by atoms with van der Waals surface area (Å²) in [7, 11) is 1.60. The Balaban J connectivity index is 1.58. The molecule has 136 valence electrons. The van der Waals surface area contributed by atoms with Crippen LogP contribution >= 0.6 is 0 Å². The number of aromatic nitrogens is 2. The summed E-state index contributed by atoms with van der Waals surface area (Å²) in [6, 6.07) is 5.89. The summed E-state index contributed by atoms with van der Waals surface area (Å²) in [4.78, 5) is 33.9. The van der Waals surface area contributed by atoms with Crippen LogP contribution in [0.25, 0.3) is 11.4 Å². The first-order chi connectivity index (χ1) is 12.6. The predicted molar refractivity (Wildman–Crippen MR) is 93.9 cm³/mol. The Bertz CT molecular complexity index is 788. The number of nitrogens with zero attached hydrogens (tertiary/aromatic N) is 3. The lowest BCUT2D eigenvalue weighted by molar-refractivity contribution is 0.0917. The molecule has 3 rings (SSSR count). The number of hydrogen-bond donors (Lipinski definition) is 2. The lowest BCUT2D eigenvalue weighted by Crippen LogP contribution is -2.48. The summed E-state index contributed by atoms with van der Waals surface area (Å²) in [6.45, 7) is 1.19. The molecule has 2 N–H and O–H groups in total. The van der Waals surface area contributed by atoms with Crippen LogP contribution in [0.5, 0.6) is 0 Å². The van der Waals surface area contributed by atoms with Gasteiger partial charge in [-0.3, -0.25) is 4.79 Å². The quantitative estimate of drug-likeness (QED) is 0.877. The van der Waals surface area contributed by atoms with Gasteiger partial charge in [0.25, 0.3) is 5.91 Å². The van der Waals surface area contributed by atoms with Gasteiger partial charge in [0.2, 0.25) is 0 Å². The molecule has 0 saturated carbocycles. The van der Waals surface area contributed by atoms with E-state index in [1.165, 1.54) is 24.5 Å². The molecule has 7 nitrogen and oxygen atoms in total. The second-order valence-corrected chi connectivity index (χ2v) is 6.10. The maximum Gasteiger partial charge on any atom is 0.317 e. The largest absolute Gasteiger partial charge is 0.349 e. The van der Waals surface area contributed by atoms with Crippen molar-refractivity contribution in [1.82, 2.24) is 25.5 Å². The molecule has 0 spiro atoms. The van der Waals surface area contributed by atoms with Crippen LogP contribution < -0.4 is 10.6 Å². The molecule has 0 atom stereocenters. The highest BCUT2D eigenvalue weighted by atomic mass is 19.1. The van der Waals surface area contributed by atoms with Crippen LogP contribution in [-0.4, -0.2) is 53.0 Å². The molecule has 0 bridgehead atoms. The van der Waals surface area contributed by atoms with Crippen molar-refractivity contribution in [3.05, 3.63) is 48.0 Å². The number of piperidine rings is 1. The fraction of sp³-hybridized carbons (Fsp3) is 0.333. The number of carbonyl (C=O) groups excluding carboxylic acids is 2. The molecule has 8 heteroatoms. The van der Waals surface area contributed by atoms with Gasteiger partial charge < -0.3 is 15.5 Å². The molecule has 1 fully saturated rings. The molecule has 3 amide bonds. The van der Waals surface area contributed by atoms with Crippen LogP contribution in [0.15, 0.2) is 36.7 Å². The first-order valence-corrected chi connectivity index (χ1v) is 8.42. The Morgan fingerprint density at radius 1 is 1.19 bits per heavy atom. The Hall–Kier alpha value is -3.03. The van der Waals surface area contributed by atoms with E-state index in [2.05, 4.69) is 20.6 Å². The number of rotatable bonds is 3. The zero-order valence-corrected chi connectivity index (χ0v) is 14.4. The predicted octanol–water partition coefficient (Wildman–Crippen LogP) is 1.82. The summed E-state index contributed by atoms with van der Waals surface area (Å²) >= 11 is 0. The van der Waals surface area contributed by atoms with Crippen molar-refractivity contribution in [2.45, 2.75) is 18.9 Å². The molecule has 26 heavy (non-hydrogen) atoms. The number of amides is 3. The lowest BCUT2D eigenvalue weighted by Gasteiger charge is -2.32. The van der Waals surface area contributed by atoms with Gasteiger partial charge in [-0.05, 0) is 25.0 Å². The normalized spacial score (nSPS) is 14.8. The second-order valence-electron chi connectivity index (χ2n) is 6.10. The minimum absolute atomic E-state index is 0.00584. The van der Waals surface area contributed by atoms with Gasteiger partial charge >= 0.3 is 6.03 Å². The third kappa shape index (κ3) is 4.14. The van der Waals surface area contributed by atoms with Gasteiger partial charge in [-0.1, -0.05) is 12.1 Å². The first kappa shape index (κ1) is 17.8. The maximum atomic E-state index is 13.3. The van der Waals surface area contributed by atoms with Gasteiger partial charge in [0, 0.05) is 44.1 Å². The molecule has 0 aliphatic carbocycles. The van der Waals surface area contributed by atoms with Crippen LogP contribution in [0.3, 0.4) is 0 Å². The number of benzene rings is 1. The number of nitrogens with one attached hydrogen (secondary N) is 2. The maximum absolute atomic E-state index is 13.3. The van der Waals surface area contributed by atoms with Crippen LogP contribution in [0.4, 0.5) is 9.18 Å². The molecule has 0 radical (unpaired) electrons. The average molecular weight is 357 g/mol. The van der Waals surface area contributed by atoms with Gasteiger partial charge in [0.15, 0.2) is 5.82 Å². The topological polar surface area (TPSA) is 87.2 Å². The Labute approximate surface area is 150 Å². The highest BCUT2D eigenvalue weighted by Crippen LogP contribution is 2.16. The lowest BCUT2D eigenvalue weighted by atomic mass is 10.0. The van der Waals surface area contributed by atoms with Gasteiger partial charge in [0.1, 0.15) is 5.82 Å². The average Bonchev–Trinajstić information content (AvgIpc) is 2.68. The van der Waals surface area contributed by atoms with Crippen molar-refractivity contribution in [2.75, 3.05) is 20.1 Å². The standard InChI is InChI=1S/C18H20FN5O2/c1-20-18(26)24-7-5-15(6-8-24)23-17(25)13-10-21-16(22-11-13)12-3-2-4-14(19)9-12/h2-4,9-11,15H,5-8H2,1H3,(H,20,26)(H,23,25).